The molecule has 0 saturated heterocycles. The average Bonchev–Trinajstić information content (AvgIpc) is 3.06. The summed E-state index contributed by atoms with van der Waals surface area (Å²) in [6.07, 6.45) is 0.956. The zero-order valence-corrected chi connectivity index (χ0v) is 12.1. The van der Waals surface area contributed by atoms with Gasteiger partial charge in [0.2, 0.25) is 0 Å². The van der Waals surface area contributed by atoms with Crippen LogP contribution in [0.25, 0.3) is 20.7 Å². The summed E-state index contributed by atoms with van der Waals surface area (Å²) >= 11 is 1.43. The maximum Gasteiger partial charge on any atom is 0.266 e. The van der Waals surface area contributed by atoms with Crippen LogP contribution in [0.4, 0.5) is 0 Å². The smallest absolute Gasteiger partial charge is 0.266 e. The highest BCUT2D eigenvalue weighted by molar-refractivity contribution is 7.22. The number of pyridine rings is 1. The predicted octanol–water partition coefficient (Wildman–Crippen LogP) is 1.55. The van der Waals surface area contributed by atoms with Crippen LogP contribution < -0.4 is 5.56 Å². The molecule has 0 bridgehead atoms. The Morgan fingerprint density at radius 1 is 1.57 bits per heavy atom. The van der Waals surface area contributed by atoms with Crippen molar-refractivity contribution in [1.29, 1.82) is 0 Å². The summed E-state index contributed by atoms with van der Waals surface area (Å²) in [4.78, 5) is 16.0. The zero-order valence-electron chi connectivity index (χ0n) is 11.3. The number of H-pyrrole nitrogens is 1. The molecule has 0 saturated carbocycles. The topological polar surface area (TPSA) is 80.1 Å². The summed E-state index contributed by atoms with van der Waals surface area (Å²) in [7, 11) is 1.87. The van der Waals surface area contributed by atoms with Gasteiger partial charge >= 0.3 is 0 Å². The molecule has 0 aliphatic carbocycles. The first-order chi connectivity index (χ1) is 10.1. The quantitative estimate of drug-likeness (QED) is 0.715. The number of thiophene rings is 1. The molecule has 3 aromatic heterocycles. The first kappa shape index (κ1) is 12.8. The number of nitrogens with one attached hydrogen (secondary N) is 1. The van der Waals surface area contributed by atoms with Gasteiger partial charge in [-0.2, -0.15) is 5.10 Å². The monoisotopic (exact) mass is 303 g/mol. The van der Waals surface area contributed by atoms with E-state index in [2.05, 4.69) is 10.1 Å². The third-order valence-electron chi connectivity index (χ3n) is 3.77. The molecule has 21 heavy (non-hydrogen) atoms. The first-order valence-electron chi connectivity index (χ1n) is 6.58. The standard InChI is InChI=1S/C14H13N3O3S/c1-17-9(2-3-15-17)11-4-7-8-5-20-6-10(18)12(8)16-14(19)13(7)21-11/h2-4,10,18H,5-6H2,1H3,(H,16,19). The molecule has 0 spiro atoms. The van der Waals surface area contributed by atoms with Gasteiger partial charge in [0.1, 0.15) is 10.8 Å². The number of aryl methyl sites for hydroxylation is 1. The van der Waals surface area contributed by atoms with Crippen molar-refractivity contribution in [3.05, 3.63) is 39.9 Å². The minimum absolute atomic E-state index is 0.164. The van der Waals surface area contributed by atoms with Crippen molar-refractivity contribution >= 4 is 21.4 Å². The van der Waals surface area contributed by atoms with Crippen LogP contribution in [0, 0.1) is 0 Å². The molecule has 1 aliphatic rings. The van der Waals surface area contributed by atoms with E-state index in [0.29, 0.717) is 17.0 Å². The maximum atomic E-state index is 12.2. The van der Waals surface area contributed by atoms with Crippen LogP contribution in [0.15, 0.2) is 23.1 Å². The number of aromatic nitrogens is 3. The number of aliphatic hydroxyl groups excluding tert-OH is 1. The Morgan fingerprint density at radius 3 is 3.19 bits per heavy atom. The largest absolute Gasteiger partial charge is 0.384 e. The van der Waals surface area contributed by atoms with E-state index in [1.807, 2.05) is 19.2 Å². The maximum absolute atomic E-state index is 12.2. The van der Waals surface area contributed by atoms with Crippen molar-refractivity contribution in [2.45, 2.75) is 12.7 Å². The molecule has 4 heterocycles. The van der Waals surface area contributed by atoms with Crippen LogP contribution in [0.3, 0.4) is 0 Å². The molecule has 6 nitrogen and oxygen atoms in total. The number of ether oxygens (including phenoxy) is 1. The van der Waals surface area contributed by atoms with E-state index >= 15 is 0 Å². The number of nitrogens with zero attached hydrogens (tertiary/aromatic N) is 2. The van der Waals surface area contributed by atoms with Crippen LogP contribution in [0.5, 0.6) is 0 Å². The molecule has 1 unspecified atom stereocenters. The van der Waals surface area contributed by atoms with Gasteiger partial charge in [0, 0.05) is 24.2 Å². The summed E-state index contributed by atoms with van der Waals surface area (Å²) in [6, 6.07) is 3.89. The molecular weight excluding hydrogens is 290 g/mol. The Kier molecular flexibility index (Phi) is 2.75. The molecule has 7 heteroatoms. The van der Waals surface area contributed by atoms with Crippen molar-refractivity contribution in [3.63, 3.8) is 0 Å². The third kappa shape index (κ3) is 1.85. The SMILES string of the molecule is Cn1nccc1-c1cc2c3c([nH]c(=O)c2s1)C(O)COC3. The lowest BCUT2D eigenvalue weighted by molar-refractivity contribution is 0.00764. The van der Waals surface area contributed by atoms with Gasteiger partial charge < -0.3 is 14.8 Å². The fourth-order valence-corrected chi connectivity index (χ4v) is 3.86. The van der Waals surface area contributed by atoms with Gasteiger partial charge in [0.25, 0.3) is 5.56 Å². The van der Waals surface area contributed by atoms with E-state index in [-0.39, 0.29) is 12.2 Å². The first-order valence-corrected chi connectivity index (χ1v) is 7.39. The van der Waals surface area contributed by atoms with Gasteiger partial charge in [0.05, 0.1) is 29.5 Å². The van der Waals surface area contributed by atoms with Crippen LogP contribution in [0.2, 0.25) is 0 Å². The second kappa shape index (κ2) is 4.52. The highest BCUT2D eigenvalue weighted by Gasteiger charge is 2.24. The fourth-order valence-electron chi connectivity index (χ4n) is 2.72. The number of hydrogen-bond acceptors (Lipinski definition) is 5. The van der Waals surface area contributed by atoms with Gasteiger partial charge in [-0.05, 0) is 12.1 Å². The highest BCUT2D eigenvalue weighted by Crippen LogP contribution is 2.36. The summed E-state index contributed by atoms with van der Waals surface area (Å²) in [5.41, 5.74) is 2.24. The molecule has 0 aromatic carbocycles. The summed E-state index contributed by atoms with van der Waals surface area (Å²) < 4.78 is 7.82. The molecule has 0 fully saturated rings. The van der Waals surface area contributed by atoms with Crippen molar-refractivity contribution in [1.82, 2.24) is 14.8 Å². The van der Waals surface area contributed by atoms with E-state index in [1.165, 1.54) is 11.3 Å². The van der Waals surface area contributed by atoms with Crippen LogP contribution >= 0.6 is 11.3 Å². The van der Waals surface area contributed by atoms with Gasteiger partial charge in [-0.3, -0.25) is 9.48 Å². The van der Waals surface area contributed by atoms with Crippen LogP contribution in [-0.4, -0.2) is 26.5 Å². The number of aromatic amines is 1. The van der Waals surface area contributed by atoms with Gasteiger partial charge in [-0.25, -0.2) is 0 Å². The highest BCUT2D eigenvalue weighted by atomic mass is 32.1. The van der Waals surface area contributed by atoms with E-state index in [4.69, 9.17) is 4.74 Å². The minimum atomic E-state index is -0.772. The second-order valence-electron chi connectivity index (χ2n) is 5.07. The van der Waals surface area contributed by atoms with Crippen molar-refractivity contribution in [2.75, 3.05) is 6.61 Å². The van der Waals surface area contributed by atoms with Gasteiger partial charge in [0.15, 0.2) is 0 Å². The molecule has 0 amide bonds. The number of fused-ring (bicyclic) bond motifs is 3. The minimum Gasteiger partial charge on any atom is -0.384 e. The molecule has 108 valence electrons. The van der Waals surface area contributed by atoms with Gasteiger partial charge in [-0.15, -0.1) is 11.3 Å². The molecule has 1 atom stereocenters. The van der Waals surface area contributed by atoms with Crippen LogP contribution in [0.1, 0.15) is 17.4 Å². The van der Waals surface area contributed by atoms with Crippen molar-refractivity contribution in [2.24, 2.45) is 7.05 Å². The molecule has 4 rings (SSSR count). The summed E-state index contributed by atoms with van der Waals surface area (Å²) in [5, 5.41) is 15.0. The third-order valence-corrected chi connectivity index (χ3v) is 4.92. The molecule has 1 aliphatic heterocycles. The van der Waals surface area contributed by atoms with E-state index in [1.54, 1.807) is 10.9 Å². The summed E-state index contributed by atoms with van der Waals surface area (Å²) in [6.45, 7) is 0.619. The second-order valence-corrected chi connectivity index (χ2v) is 6.12. The van der Waals surface area contributed by atoms with Gasteiger partial charge in [-0.1, -0.05) is 0 Å². The van der Waals surface area contributed by atoms with Crippen molar-refractivity contribution < 1.29 is 9.84 Å². The Morgan fingerprint density at radius 2 is 2.43 bits per heavy atom. The van der Waals surface area contributed by atoms with E-state index in [0.717, 1.165) is 21.5 Å². The average molecular weight is 303 g/mol. The molecular formula is C14H13N3O3S. The Hall–Kier alpha value is -1.96. The lowest BCUT2D eigenvalue weighted by Crippen LogP contribution is -2.22. The lowest BCUT2D eigenvalue weighted by Gasteiger charge is -2.21. The molecule has 3 aromatic rings. The van der Waals surface area contributed by atoms with E-state index < -0.39 is 6.10 Å². The summed E-state index contributed by atoms with van der Waals surface area (Å²) in [5.74, 6) is 0. The Balaban J connectivity index is 2.02. The van der Waals surface area contributed by atoms with E-state index in [9.17, 15) is 9.90 Å². The molecule has 2 N–H and O–H groups in total. The fraction of sp³-hybridized carbons (Fsp3) is 0.286. The predicted molar refractivity (Wildman–Crippen MR) is 79.3 cm³/mol. The number of hydrogen-bond donors (Lipinski definition) is 2. The number of aliphatic hydroxyl groups is 1. The zero-order chi connectivity index (χ0) is 14.6. The lowest BCUT2D eigenvalue weighted by atomic mass is 10.0. The Bertz CT molecular complexity index is 893. The molecule has 0 radical (unpaired) electrons. The normalized spacial score (nSPS) is 18.1. The van der Waals surface area contributed by atoms with Crippen LogP contribution in [-0.2, 0) is 18.4 Å². The number of rotatable bonds is 1. The Labute approximate surface area is 123 Å². The van der Waals surface area contributed by atoms with Crippen molar-refractivity contribution in [3.8, 4) is 10.6 Å².